The predicted octanol–water partition coefficient (Wildman–Crippen LogP) is 2.06. The van der Waals surface area contributed by atoms with Crippen LogP contribution in [0.2, 0.25) is 0 Å². The van der Waals surface area contributed by atoms with Gasteiger partial charge in [-0.2, -0.15) is 0 Å². The van der Waals surface area contributed by atoms with E-state index in [1.165, 1.54) is 80.5 Å². The van der Waals surface area contributed by atoms with Crippen LogP contribution in [-0.2, 0) is 31.0 Å². The third-order valence-electron chi connectivity index (χ3n) is 8.42. The van der Waals surface area contributed by atoms with E-state index in [2.05, 4.69) is 30.5 Å². The minimum absolute atomic E-state index is 0. The van der Waals surface area contributed by atoms with Gasteiger partial charge in [0.2, 0.25) is 5.56 Å². The van der Waals surface area contributed by atoms with Crippen LogP contribution in [0.3, 0.4) is 0 Å². The number of esters is 2. The molecule has 6 aromatic rings. The van der Waals surface area contributed by atoms with E-state index in [0.717, 1.165) is 22.0 Å². The van der Waals surface area contributed by atoms with Gasteiger partial charge in [0.25, 0.3) is 23.4 Å². The molecule has 0 bridgehead atoms. The van der Waals surface area contributed by atoms with E-state index in [0.29, 0.717) is 28.2 Å². The van der Waals surface area contributed by atoms with Crippen molar-refractivity contribution < 1.29 is 158 Å². The molecule has 354 valence electrons. The monoisotopic (exact) mass is 1060 g/mol. The maximum Gasteiger partial charge on any atom is 1.00 e. The Morgan fingerprint density at radius 1 is 0.676 bits per heavy atom. The first-order chi connectivity index (χ1) is 30.2. The van der Waals surface area contributed by atoms with Gasteiger partial charge in [-0.25, -0.2) is 9.59 Å². The van der Waals surface area contributed by atoms with Gasteiger partial charge in [-0.05, 0) is 58.7 Å². The van der Waals surface area contributed by atoms with Crippen molar-refractivity contribution >= 4 is 45.7 Å². The third kappa shape index (κ3) is 20.5. The molecule has 4 aromatic carbocycles. The zero-order valence-corrected chi connectivity index (χ0v) is 43.7. The van der Waals surface area contributed by atoms with Gasteiger partial charge in [-0.1, -0.05) is 86.7 Å². The van der Waals surface area contributed by atoms with E-state index < -0.39 is 21.8 Å². The first kappa shape index (κ1) is 67.6. The Kier molecular flexibility index (Phi) is 35.2. The van der Waals surface area contributed by atoms with Crippen molar-refractivity contribution in [1.29, 1.82) is 0 Å². The summed E-state index contributed by atoms with van der Waals surface area (Å²) in [5, 5.41) is 31.1. The third-order valence-corrected chi connectivity index (χ3v) is 9.06. The summed E-state index contributed by atoms with van der Waals surface area (Å²) in [6.07, 6.45) is 0. The van der Waals surface area contributed by atoms with Gasteiger partial charge in [-0.15, -0.1) is 0 Å². The molecule has 0 unspecified atom stereocenters. The number of nitrogens with zero attached hydrogens (tertiary/aromatic N) is 3. The van der Waals surface area contributed by atoms with E-state index in [1.807, 2.05) is 24.3 Å². The van der Waals surface area contributed by atoms with Crippen molar-refractivity contribution in [2.75, 3.05) is 28.4 Å². The molecule has 19 nitrogen and oxygen atoms in total. The number of nitro groups is 2. The first-order valence-corrected chi connectivity index (χ1v) is 19.0. The van der Waals surface area contributed by atoms with Crippen molar-refractivity contribution in [2.45, 2.75) is 34.2 Å². The quantitative estimate of drug-likeness (QED) is 0.0350. The number of aromatic amines is 1. The molecule has 0 aliphatic heterocycles. The fourth-order valence-corrected chi connectivity index (χ4v) is 5.89. The average molecular weight is 1060 g/mol. The molecule has 0 radical (unpaired) electrons. The van der Waals surface area contributed by atoms with Crippen LogP contribution in [0, 0.1) is 20.2 Å². The Morgan fingerprint density at radius 2 is 1.13 bits per heavy atom. The number of hydrogen-bond acceptors (Lipinski definition) is 15. The van der Waals surface area contributed by atoms with Crippen molar-refractivity contribution in [2.24, 2.45) is 0 Å². The number of rotatable bonds is 12. The second-order valence-electron chi connectivity index (χ2n) is 12.3. The number of methoxy groups -OCH3 is 4. The number of non-ortho nitro benzene ring substituents is 2. The van der Waals surface area contributed by atoms with Gasteiger partial charge in [0.1, 0.15) is 22.9 Å². The van der Waals surface area contributed by atoms with E-state index in [-0.39, 0.29) is 173 Å². The summed E-state index contributed by atoms with van der Waals surface area (Å²) >= 11 is 3.40. The molecule has 0 saturated heterocycles. The number of pyridine rings is 2. The summed E-state index contributed by atoms with van der Waals surface area (Å²) in [6.45, 7) is -0.0595. The van der Waals surface area contributed by atoms with Gasteiger partial charge >= 0.3 is 115 Å². The van der Waals surface area contributed by atoms with Crippen molar-refractivity contribution in [1.82, 2.24) is 9.55 Å². The molecule has 68 heavy (non-hydrogen) atoms. The number of benzene rings is 4. The number of nitrogens with one attached hydrogen (secondary N) is 1. The van der Waals surface area contributed by atoms with Gasteiger partial charge < -0.3 is 35.5 Å². The molecule has 0 saturated carbocycles. The zero-order chi connectivity index (χ0) is 46.5. The first-order valence-electron chi connectivity index (χ1n) is 17.9. The van der Waals surface area contributed by atoms with Crippen molar-refractivity contribution in [3.05, 3.63) is 185 Å². The van der Waals surface area contributed by atoms with Crippen LogP contribution < -0.4 is 129 Å². The number of alkyl halides is 1. The maximum absolute atomic E-state index is 12.3. The Balaban J connectivity index is -0.000000459. The second kappa shape index (κ2) is 35.4. The zero-order valence-electron chi connectivity index (χ0n) is 36.9. The van der Waals surface area contributed by atoms with Gasteiger partial charge in [-0.3, -0.25) is 39.2 Å². The molecule has 22 heteroatoms. The van der Waals surface area contributed by atoms with E-state index in [9.17, 15) is 39.4 Å². The SMILES string of the molecule is C.C.C.COC(=O)c1cccc(=O)[nH]1.COC(=O)c1cccc(=O)n1Cc1ccc(OC)c(-c2cccc([N+](=O)[O-])c2)c1.COc1ccc(CBr)cc1-c1cccc([N+](=O)[O-])c1.O=CO[O-].[H-].[K+].[K+]. The number of aromatic nitrogens is 2. The van der Waals surface area contributed by atoms with Crippen molar-refractivity contribution in [3.63, 3.8) is 0 Å². The molecule has 0 amide bonds. The van der Waals surface area contributed by atoms with Gasteiger partial charge in [0.05, 0.1) is 44.8 Å². The topological polar surface area (TPSA) is 262 Å². The molecule has 0 fully saturated rings. The van der Waals surface area contributed by atoms with E-state index in [4.69, 9.17) is 24.3 Å². The fourth-order valence-electron chi connectivity index (χ4n) is 5.54. The van der Waals surface area contributed by atoms with Gasteiger partial charge in [0.15, 0.2) is 0 Å². The minimum Gasteiger partial charge on any atom is -1.00 e. The van der Waals surface area contributed by atoms with Crippen molar-refractivity contribution in [3.8, 4) is 33.8 Å². The normalized spacial score (nSPS) is 9.09. The molecular formula is C46H51BrK2N4O15. The largest absolute Gasteiger partial charge is 1.00 e. The molecule has 1 N–H and O–H groups in total. The number of nitro benzene ring substituents is 2. The maximum atomic E-state index is 12.3. The Labute approximate surface area is 487 Å². The molecule has 0 aliphatic rings. The van der Waals surface area contributed by atoms with Crippen LogP contribution in [0.1, 0.15) is 55.8 Å². The number of halogens is 1. The summed E-state index contributed by atoms with van der Waals surface area (Å²) in [4.78, 5) is 80.4. The van der Waals surface area contributed by atoms with Crippen LogP contribution in [0.25, 0.3) is 22.3 Å². The molecule has 2 heterocycles. The molecule has 0 aliphatic carbocycles. The molecule has 0 spiro atoms. The van der Waals surface area contributed by atoms with E-state index in [1.54, 1.807) is 49.6 Å². The molecule has 2 aromatic heterocycles. The standard InChI is InChI=1S/C21H18N2O6.C14H12BrNO3.C7H7NO3.CH2O3.3CH4.2K.H/c1-28-19-10-9-14(11-17(19)15-5-3-6-16(12-15)23(26)27)13-22-18(21(25)29-2)7-4-8-20(22)24;1-19-14-6-5-10(9-15)7-13(14)11-3-2-4-12(8-11)16(17)18;1-11-7(10)5-3-2-4-6(9)8-5;2-1-4-3;;;;;;/h3-12H,13H2,1-2H3;2-8H,9H2,1H3;2-4H,1H3,(H,8,9);1,3H;3*1H4;;;/q;;;;;;;2*+1;-1/p-1. The van der Waals surface area contributed by atoms with Crippen LogP contribution in [-0.4, -0.2) is 66.2 Å². The summed E-state index contributed by atoms with van der Waals surface area (Å²) < 4.78 is 21.2. The summed E-state index contributed by atoms with van der Waals surface area (Å²) in [6, 6.07) is 32.4. The van der Waals surface area contributed by atoms with Gasteiger partial charge in [0, 0.05) is 52.9 Å². The van der Waals surface area contributed by atoms with Crippen LogP contribution in [0.5, 0.6) is 11.5 Å². The minimum atomic E-state index is -0.616. The number of H-pyrrole nitrogens is 1. The average Bonchev–Trinajstić information content (AvgIpc) is 3.31. The molecule has 6 rings (SSSR count). The predicted molar refractivity (Wildman–Crippen MR) is 251 cm³/mol. The number of hydrogen-bond donors (Lipinski definition) is 1. The summed E-state index contributed by atoms with van der Waals surface area (Å²) in [5.74, 6) is 0.0749. The fraction of sp³-hybridized carbons (Fsp3) is 0.196. The number of carbonyl (C=O) groups is 3. The smallest absolute Gasteiger partial charge is 1.00 e. The number of carbonyl (C=O) groups excluding carboxylic acids is 3. The second-order valence-corrected chi connectivity index (χ2v) is 12.8. The van der Waals surface area contributed by atoms with Crippen LogP contribution in [0.15, 0.2) is 131 Å². The molecular weight excluding hydrogens is 1010 g/mol. The molecule has 0 atom stereocenters. The Hall–Kier alpha value is -4.70. The van der Waals surface area contributed by atoms with E-state index >= 15 is 0 Å². The number of ether oxygens (including phenoxy) is 4. The Bertz CT molecular complexity index is 2690. The summed E-state index contributed by atoms with van der Waals surface area (Å²) in [7, 11) is 5.60. The van der Waals surface area contributed by atoms with Crippen LogP contribution in [0.4, 0.5) is 11.4 Å². The van der Waals surface area contributed by atoms with Crippen LogP contribution >= 0.6 is 15.9 Å². The Morgan fingerprint density at radius 3 is 1.56 bits per heavy atom. The summed E-state index contributed by atoms with van der Waals surface area (Å²) in [5.41, 5.74) is 4.33.